The van der Waals surface area contributed by atoms with Crippen molar-refractivity contribution in [3.05, 3.63) is 0 Å². The van der Waals surface area contributed by atoms with Crippen molar-refractivity contribution < 1.29 is 71.8 Å². The minimum Gasteiger partial charge on any atom is -0.790 e. The Morgan fingerprint density at radius 2 is 1.33 bits per heavy atom. The summed E-state index contributed by atoms with van der Waals surface area (Å²) in [6.07, 6.45) is -5.67. The van der Waals surface area contributed by atoms with E-state index in [-0.39, 0.29) is 88.0 Å². The molecule has 15 N–H and O–H groups in total. The maximum Gasteiger partial charge on any atom is 2.00 e. The molecule has 3 atom stereocenters. The number of hydrogen-bond donors (Lipinski definition) is 3. The first-order valence-corrected chi connectivity index (χ1v) is 4.90. The van der Waals surface area contributed by atoms with Gasteiger partial charge in [-0.2, -0.15) is 0 Å². The molecule has 0 spiro atoms. The average Bonchev–Trinajstić information content (AvgIpc) is 2.10. The zero-order valence-electron chi connectivity index (χ0n) is 10.6. The van der Waals surface area contributed by atoms with E-state index >= 15 is 0 Å². The van der Waals surface area contributed by atoms with Crippen LogP contribution >= 0.6 is 7.82 Å². The van der Waals surface area contributed by atoms with Crippen molar-refractivity contribution in [2.75, 3.05) is 6.61 Å². The Balaban J connectivity index is -0.0000000402. The van der Waals surface area contributed by atoms with Crippen molar-refractivity contribution in [3.8, 4) is 0 Å². The van der Waals surface area contributed by atoms with Crippen molar-refractivity contribution in [2.24, 2.45) is 0 Å². The molecule has 0 rings (SSSR count). The molecule has 0 bridgehead atoms. The maximum atomic E-state index is 9.92. The van der Waals surface area contributed by atoms with Crippen LogP contribution in [0.2, 0.25) is 0 Å². The van der Waals surface area contributed by atoms with Crippen LogP contribution in [-0.2, 0) is 13.9 Å². The van der Waals surface area contributed by atoms with Gasteiger partial charge >= 0.3 is 48.9 Å². The van der Waals surface area contributed by atoms with Crippen molar-refractivity contribution in [3.63, 3.8) is 0 Å². The van der Waals surface area contributed by atoms with Gasteiger partial charge in [0.15, 0.2) is 6.29 Å². The van der Waals surface area contributed by atoms with Crippen LogP contribution in [0.1, 0.15) is 0 Å². The van der Waals surface area contributed by atoms with Gasteiger partial charge in [-0.15, -0.1) is 0 Å². The monoisotopic (exact) mass is 474 g/mol. The fraction of sp³-hybridized carbons (Fsp3) is 0.800. The molecule has 0 fully saturated rings. The third-order valence-corrected chi connectivity index (χ3v) is 1.75. The van der Waals surface area contributed by atoms with Gasteiger partial charge in [0.25, 0.3) is 0 Å². The second kappa shape index (κ2) is 23.3. The molecule has 0 heterocycles. The minimum atomic E-state index is -5.24. The molecule has 0 aromatic carbocycles. The van der Waals surface area contributed by atoms with Gasteiger partial charge in [0.05, 0.1) is 14.4 Å². The normalized spacial score (nSPS) is 12.4. The van der Waals surface area contributed by atoms with Gasteiger partial charge in [-0.05, 0) is 0 Å². The Bertz CT molecular complexity index is 233. The molecular weight excluding hydrogens is 452 g/mol. The van der Waals surface area contributed by atoms with E-state index in [0.717, 1.165) is 0 Å². The van der Waals surface area contributed by atoms with Crippen LogP contribution in [0.5, 0.6) is 0 Å². The van der Waals surface area contributed by atoms with Gasteiger partial charge in [-0.3, -0.25) is 0 Å². The van der Waals surface area contributed by atoms with Crippen LogP contribution in [0.3, 0.4) is 0 Å². The molecule has 0 aliphatic carbocycles. The fourth-order valence-electron chi connectivity index (χ4n) is 0.574. The molecular formula is C5H21BaO14P. The second-order valence-corrected chi connectivity index (χ2v) is 3.58. The number of aldehydes is 1. The van der Waals surface area contributed by atoms with Crippen LogP contribution in [0.4, 0.5) is 0 Å². The Kier molecular flexibility index (Phi) is 54.8. The minimum absolute atomic E-state index is 0. The molecule has 0 saturated heterocycles. The zero-order chi connectivity index (χ0) is 11.4. The first-order chi connectivity index (χ1) is 6.28. The molecule has 16 heteroatoms. The molecule has 0 amide bonds. The Morgan fingerprint density at radius 1 is 1.00 bits per heavy atom. The third-order valence-electron chi connectivity index (χ3n) is 1.29. The molecule has 0 saturated carbocycles. The number of carbonyl (C=O) groups is 1. The number of phosphoric ester groups is 1. The Morgan fingerprint density at radius 3 is 1.57 bits per heavy atom. The van der Waals surface area contributed by atoms with Gasteiger partial charge in [0.2, 0.25) is 0 Å². The van der Waals surface area contributed by atoms with Crippen LogP contribution < -0.4 is 9.79 Å². The SMILES string of the molecule is O.O.O.O.O.O.O=C[C@H](O)C(O)[C@H](O)COP(=O)([O-])[O-].[Ba+2]. The quantitative estimate of drug-likeness (QED) is 0.188. The van der Waals surface area contributed by atoms with Crippen molar-refractivity contribution in [1.82, 2.24) is 0 Å². The summed E-state index contributed by atoms with van der Waals surface area (Å²) in [6.45, 7) is -1.02. The van der Waals surface area contributed by atoms with E-state index in [4.69, 9.17) is 15.3 Å². The van der Waals surface area contributed by atoms with Crippen LogP contribution in [-0.4, -0.2) is 128 Å². The van der Waals surface area contributed by atoms with Crippen molar-refractivity contribution >= 4 is 63.0 Å². The second-order valence-electron chi connectivity index (χ2n) is 2.43. The summed E-state index contributed by atoms with van der Waals surface area (Å²) in [5.41, 5.74) is 0. The molecule has 0 aliphatic heterocycles. The number of phosphoric acid groups is 1. The number of carbonyl (C=O) groups excluding carboxylic acids is 1. The van der Waals surface area contributed by atoms with Gasteiger partial charge in [0, 0.05) is 0 Å². The number of aliphatic hydroxyl groups is 3. The summed E-state index contributed by atoms with van der Waals surface area (Å²) in [7, 11) is -5.24. The van der Waals surface area contributed by atoms with Crippen LogP contribution in [0.15, 0.2) is 0 Å². The molecule has 0 aromatic heterocycles. The molecule has 0 radical (unpaired) electrons. The van der Waals surface area contributed by atoms with E-state index < -0.39 is 32.7 Å². The van der Waals surface area contributed by atoms with Gasteiger partial charge in [0.1, 0.15) is 18.3 Å². The summed E-state index contributed by atoms with van der Waals surface area (Å²) >= 11 is 0. The molecule has 132 valence electrons. The molecule has 0 aromatic rings. The average molecular weight is 474 g/mol. The largest absolute Gasteiger partial charge is 2.00 e. The summed E-state index contributed by atoms with van der Waals surface area (Å²) < 4.78 is 13.5. The van der Waals surface area contributed by atoms with E-state index in [1.807, 2.05) is 0 Å². The molecule has 21 heavy (non-hydrogen) atoms. The Labute approximate surface area is 158 Å². The van der Waals surface area contributed by atoms with Gasteiger partial charge in [-0.25, -0.2) is 0 Å². The third kappa shape index (κ3) is 26.2. The van der Waals surface area contributed by atoms with E-state index in [1.165, 1.54) is 0 Å². The first-order valence-electron chi connectivity index (χ1n) is 3.44. The predicted molar refractivity (Wildman–Crippen MR) is 65.1 cm³/mol. The van der Waals surface area contributed by atoms with E-state index in [9.17, 15) is 19.1 Å². The van der Waals surface area contributed by atoms with E-state index in [0.29, 0.717) is 0 Å². The predicted octanol–water partition coefficient (Wildman–Crippen LogP) is -9.22. The van der Waals surface area contributed by atoms with Gasteiger partial charge < -0.3 is 71.8 Å². The van der Waals surface area contributed by atoms with E-state index in [1.54, 1.807) is 0 Å². The summed E-state index contributed by atoms with van der Waals surface area (Å²) in [6, 6.07) is 0. The number of hydrogen-bond acceptors (Lipinski definition) is 8. The summed E-state index contributed by atoms with van der Waals surface area (Å²) in [4.78, 5) is 29.8. The standard InChI is InChI=1S/C5H11O8P.Ba.6H2O/c6-1-3(7)5(9)4(8)2-13-14(10,11)12;;;;;;;/h1,3-5,7-9H,2H2,(H2,10,11,12);;6*1H2/q;+2;;;;;;/p-2/t3-,4+,5?;;;;;;;/m0......./s1. The topological polar surface area (TPSA) is 339 Å². The van der Waals surface area contributed by atoms with Crippen LogP contribution in [0.25, 0.3) is 0 Å². The Hall–Kier alpha value is 0.991. The molecule has 1 unspecified atom stereocenters. The molecule has 0 aliphatic rings. The number of rotatable bonds is 6. The summed E-state index contributed by atoms with van der Waals surface area (Å²) in [5.74, 6) is 0. The van der Waals surface area contributed by atoms with E-state index in [2.05, 4.69) is 4.52 Å². The van der Waals surface area contributed by atoms with Crippen molar-refractivity contribution in [2.45, 2.75) is 18.3 Å². The molecule has 14 nitrogen and oxygen atoms in total. The van der Waals surface area contributed by atoms with Crippen LogP contribution in [0, 0.1) is 0 Å². The fourth-order valence-corrected chi connectivity index (χ4v) is 0.910. The smallest absolute Gasteiger partial charge is 0.790 e. The summed E-state index contributed by atoms with van der Waals surface area (Å²) in [5, 5.41) is 26.4. The van der Waals surface area contributed by atoms with Crippen molar-refractivity contribution in [1.29, 1.82) is 0 Å². The number of aliphatic hydroxyl groups excluding tert-OH is 3. The first kappa shape index (κ1) is 49.5. The van der Waals surface area contributed by atoms with Gasteiger partial charge in [-0.1, -0.05) is 0 Å². The maximum absolute atomic E-state index is 9.92. The zero-order valence-corrected chi connectivity index (χ0v) is 15.9.